The van der Waals surface area contributed by atoms with E-state index in [4.69, 9.17) is 11.6 Å². The SMILES string of the molecule is Cc1c(Cl)cccc1N(CC(=O)Nc1ccc(Br)cc1)S(C)(=O)=O. The van der Waals surface area contributed by atoms with Crippen LogP contribution < -0.4 is 9.62 Å². The highest BCUT2D eigenvalue weighted by atomic mass is 79.9. The zero-order valence-corrected chi connectivity index (χ0v) is 16.2. The molecule has 24 heavy (non-hydrogen) atoms. The highest BCUT2D eigenvalue weighted by molar-refractivity contribution is 9.10. The van der Waals surface area contributed by atoms with E-state index >= 15 is 0 Å². The molecule has 0 aromatic heterocycles. The van der Waals surface area contributed by atoms with Crippen LogP contribution in [0.1, 0.15) is 5.56 Å². The smallest absolute Gasteiger partial charge is 0.245 e. The lowest BCUT2D eigenvalue weighted by Crippen LogP contribution is -2.37. The molecule has 128 valence electrons. The van der Waals surface area contributed by atoms with E-state index in [2.05, 4.69) is 21.2 Å². The number of rotatable bonds is 5. The van der Waals surface area contributed by atoms with Crippen molar-refractivity contribution in [3.63, 3.8) is 0 Å². The van der Waals surface area contributed by atoms with Gasteiger partial charge >= 0.3 is 0 Å². The highest BCUT2D eigenvalue weighted by Gasteiger charge is 2.23. The number of anilines is 2. The summed E-state index contributed by atoms with van der Waals surface area (Å²) in [6.07, 6.45) is 1.06. The van der Waals surface area contributed by atoms with E-state index in [0.717, 1.165) is 15.0 Å². The molecule has 0 fully saturated rings. The summed E-state index contributed by atoms with van der Waals surface area (Å²) in [6.45, 7) is 1.37. The molecule has 0 aliphatic heterocycles. The maximum Gasteiger partial charge on any atom is 0.245 e. The van der Waals surface area contributed by atoms with Crippen LogP contribution in [-0.2, 0) is 14.8 Å². The van der Waals surface area contributed by atoms with E-state index in [9.17, 15) is 13.2 Å². The number of carbonyl (C=O) groups is 1. The molecule has 0 radical (unpaired) electrons. The van der Waals surface area contributed by atoms with E-state index in [0.29, 0.717) is 22.0 Å². The van der Waals surface area contributed by atoms with E-state index in [1.165, 1.54) is 0 Å². The Morgan fingerprint density at radius 2 is 1.83 bits per heavy atom. The summed E-state index contributed by atoms with van der Waals surface area (Å²) in [7, 11) is -3.64. The highest BCUT2D eigenvalue weighted by Crippen LogP contribution is 2.28. The van der Waals surface area contributed by atoms with Gasteiger partial charge in [0.15, 0.2) is 0 Å². The van der Waals surface area contributed by atoms with Crippen LogP contribution in [0, 0.1) is 6.92 Å². The Bertz CT molecular complexity index is 854. The Kier molecular flexibility index (Phi) is 5.90. The molecule has 0 aliphatic rings. The second kappa shape index (κ2) is 7.55. The van der Waals surface area contributed by atoms with E-state index < -0.39 is 15.9 Å². The molecule has 5 nitrogen and oxygen atoms in total. The predicted molar refractivity (Wildman–Crippen MR) is 101 cm³/mol. The number of hydrogen-bond donors (Lipinski definition) is 1. The number of nitrogens with zero attached hydrogens (tertiary/aromatic N) is 1. The van der Waals surface area contributed by atoms with E-state index in [-0.39, 0.29) is 6.54 Å². The van der Waals surface area contributed by atoms with E-state index in [1.54, 1.807) is 49.4 Å². The molecule has 0 bridgehead atoms. The van der Waals surface area contributed by atoms with Crippen molar-refractivity contribution in [2.24, 2.45) is 0 Å². The molecule has 8 heteroatoms. The number of nitrogens with one attached hydrogen (secondary N) is 1. The molecule has 2 rings (SSSR count). The fourth-order valence-corrected chi connectivity index (χ4v) is 3.45. The molecule has 0 heterocycles. The van der Waals surface area contributed by atoms with Crippen LogP contribution in [0.5, 0.6) is 0 Å². The van der Waals surface area contributed by atoms with Gasteiger partial charge in [0.25, 0.3) is 0 Å². The first-order chi connectivity index (χ1) is 11.2. The summed E-state index contributed by atoms with van der Waals surface area (Å²) in [5.74, 6) is -0.442. The van der Waals surface area contributed by atoms with Gasteiger partial charge in [-0.15, -0.1) is 0 Å². The minimum Gasteiger partial charge on any atom is -0.325 e. The topological polar surface area (TPSA) is 66.5 Å². The summed E-state index contributed by atoms with van der Waals surface area (Å²) in [6, 6.07) is 11.9. The maximum absolute atomic E-state index is 12.3. The Balaban J connectivity index is 2.25. The third-order valence-electron chi connectivity index (χ3n) is 3.32. The second-order valence-electron chi connectivity index (χ2n) is 5.21. The summed E-state index contributed by atoms with van der Waals surface area (Å²) in [5.41, 5.74) is 1.57. The third-order valence-corrected chi connectivity index (χ3v) is 5.39. The Morgan fingerprint density at radius 1 is 1.21 bits per heavy atom. The van der Waals surface area contributed by atoms with Gasteiger partial charge in [0.05, 0.1) is 11.9 Å². The fraction of sp³-hybridized carbons (Fsp3) is 0.188. The molecule has 1 N–H and O–H groups in total. The minimum absolute atomic E-state index is 0.337. The number of amides is 1. The van der Waals surface area contributed by atoms with Crippen molar-refractivity contribution < 1.29 is 13.2 Å². The van der Waals surface area contributed by atoms with Crippen LogP contribution in [0.3, 0.4) is 0 Å². The molecule has 1 amide bonds. The molecule has 0 saturated carbocycles. The minimum atomic E-state index is -3.64. The van der Waals surface area contributed by atoms with Gasteiger partial charge in [0.1, 0.15) is 6.54 Å². The zero-order valence-electron chi connectivity index (χ0n) is 13.1. The van der Waals surface area contributed by atoms with Crippen molar-refractivity contribution in [1.82, 2.24) is 0 Å². The quantitative estimate of drug-likeness (QED) is 0.783. The average Bonchev–Trinajstić information content (AvgIpc) is 2.49. The predicted octanol–water partition coefficient (Wildman–Crippen LogP) is 3.82. The lowest BCUT2D eigenvalue weighted by atomic mass is 10.2. The van der Waals surface area contributed by atoms with Gasteiger partial charge in [-0.2, -0.15) is 0 Å². The lowest BCUT2D eigenvalue weighted by Gasteiger charge is -2.24. The number of hydrogen-bond acceptors (Lipinski definition) is 3. The largest absolute Gasteiger partial charge is 0.325 e. The second-order valence-corrected chi connectivity index (χ2v) is 8.44. The third kappa shape index (κ3) is 4.72. The molecule has 0 atom stereocenters. The van der Waals surface area contributed by atoms with Crippen LogP contribution in [0.25, 0.3) is 0 Å². The van der Waals surface area contributed by atoms with Crippen LogP contribution in [-0.4, -0.2) is 27.1 Å². The molecule has 0 unspecified atom stereocenters. The van der Waals surface area contributed by atoms with E-state index in [1.807, 2.05) is 0 Å². The van der Waals surface area contributed by atoms with Gasteiger partial charge in [-0.1, -0.05) is 33.6 Å². The first-order valence-corrected chi connectivity index (χ1v) is 9.98. The van der Waals surface area contributed by atoms with Gasteiger partial charge < -0.3 is 5.32 Å². The maximum atomic E-state index is 12.3. The summed E-state index contributed by atoms with van der Waals surface area (Å²) in [5, 5.41) is 3.12. The Hall–Kier alpha value is -1.57. The van der Waals surface area contributed by atoms with Gasteiger partial charge in [0.2, 0.25) is 15.9 Å². The Morgan fingerprint density at radius 3 is 2.42 bits per heavy atom. The van der Waals surface area contributed by atoms with Gasteiger partial charge in [0, 0.05) is 15.2 Å². The molecule has 0 spiro atoms. The van der Waals surface area contributed by atoms with Crippen LogP contribution >= 0.6 is 27.5 Å². The number of halogens is 2. The number of sulfonamides is 1. The molecule has 0 saturated heterocycles. The van der Waals surface area contributed by atoms with Crippen molar-refractivity contribution in [3.05, 3.63) is 57.5 Å². The van der Waals surface area contributed by atoms with Gasteiger partial charge in [-0.3, -0.25) is 9.10 Å². The molecule has 2 aromatic carbocycles. The summed E-state index contributed by atoms with van der Waals surface area (Å²) in [4.78, 5) is 12.3. The van der Waals surface area contributed by atoms with Crippen molar-refractivity contribution >= 4 is 54.8 Å². The van der Waals surface area contributed by atoms with Crippen molar-refractivity contribution in [2.75, 3.05) is 22.4 Å². The molecule has 0 aliphatic carbocycles. The standard InChI is InChI=1S/C16H16BrClN2O3S/c1-11-14(18)4-3-5-15(11)20(24(2,22)23)10-16(21)19-13-8-6-12(17)7-9-13/h3-9H,10H2,1-2H3,(H,19,21). The Labute approximate surface area is 154 Å². The van der Waals surface area contributed by atoms with Crippen LogP contribution in [0.2, 0.25) is 5.02 Å². The average molecular weight is 432 g/mol. The number of benzene rings is 2. The molecule has 2 aromatic rings. The lowest BCUT2D eigenvalue weighted by molar-refractivity contribution is -0.114. The summed E-state index contributed by atoms with van der Waals surface area (Å²) < 4.78 is 26.2. The first-order valence-electron chi connectivity index (χ1n) is 6.97. The fourth-order valence-electron chi connectivity index (χ4n) is 2.11. The van der Waals surface area contributed by atoms with Crippen LogP contribution in [0.15, 0.2) is 46.9 Å². The molecular weight excluding hydrogens is 416 g/mol. The van der Waals surface area contributed by atoms with Gasteiger partial charge in [-0.05, 0) is 48.9 Å². The number of carbonyl (C=O) groups excluding carboxylic acids is 1. The summed E-state index contributed by atoms with van der Waals surface area (Å²) >= 11 is 9.37. The van der Waals surface area contributed by atoms with Crippen LogP contribution in [0.4, 0.5) is 11.4 Å². The van der Waals surface area contributed by atoms with Crippen molar-refractivity contribution in [2.45, 2.75) is 6.92 Å². The monoisotopic (exact) mass is 430 g/mol. The molecular formula is C16H16BrClN2O3S. The first kappa shape index (κ1) is 18.8. The van der Waals surface area contributed by atoms with Gasteiger partial charge in [-0.25, -0.2) is 8.42 Å². The van der Waals surface area contributed by atoms with Crippen molar-refractivity contribution in [3.8, 4) is 0 Å². The van der Waals surface area contributed by atoms with Crippen molar-refractivity contribution in [1.29, 1.82) is 0 Å². The zero-order chi connectivity index (χ0) is 17.9. The normalized spacial score (nSPS) is 11.2.